The van der Waals surface area contributed by atoms with E-state index in [4.69, 9.17) is 10.5 Å². The molecule has 110 valence electrons. The average Bonchev–Trinajstić information content (AvgIpc) is 3.17. The van der Waals surface area contributed by atoms with Gasteiger partial charge in [0.15, 0.2) is 0 Å². The van der Waals surface area contributed by atoms with Crippen LogP contribution in [-0.2, 0) is 4.79 Å². The van der Waals surface area contributed by atoms with Crippen LogP contribution in [0.5, 0.6) is 5.75 Å². The Labute approximate surface area is 120 Å². The molecular formula is C16H24N2O2. The van der Waals surface area contributed by atoms with Crippen LogP contribution in [0, 0.1) is 20.8 Å². The molecule has 1 unspecified atom stereocenters. The second-order valence-electron chi connectivity index (χ2n) is 5.74. The summed E-state index contributed by atoms with van der Waals surface area (Å²) < 4.78 is 5.83. The van der Waals surface area contributed by atoms with Gasteiger partial charge in [0.25, 0.3) is 0 Å². The standard InChI is InChI=1S/C16H24N2O2/c1-10-8-11(2)12(3)15(9-10)20-7-6-14(16(17)19)18-13-4-5-13/h8-9,13-14,18H,4-7H2,1-3H3,(H2,17,19). The van der Waals surface area contributed by atoms with Gasteiger partial charge in [-0.15, -0.1) is 0 Å². The second-order valence-corrected chi connectivity index (χ2v) is 5.74. The maximum atomic E-state index is 11.4. The average molecular weight is 276 g/mol. The van der Waals surface area contributed by atoms with Crippen molar-refractivity contribution in [2.75, 3.05) is 6.61 Å². The summed E-state index contributed by atoms with van der Waals surface area (Å²) >= 11 is 0. The number of aryl methyl sites for hydroxylation is 2. The zero-order chi connectivity index (χ0) is 14.7. The fraction of sp³-hybridized carbons (Fsp3) is 0.562. The summed E-state index contributed by atoms with van der Waals surface area (Å²) in [6, 6.07) is 4.36. The first-order valence-electron chi connectivity index (χ1n) is 7.23. The summed E-state index contributed by atoms with van der Waals surface area (Å²) in [5.41, 5.74) is 8.98. The molecule has 0 heterocycles. The van der Waals surface area contributed by atoms with Crippen LogP contribution in [0.2, 0.25) is 0 Å². The van der Waals surface area contributed by atoms with Crippen LogP contribution < -0.4 is 15.8 Å². The number of carbonyl (C=O) groups excluding carboxylic acids is 1. The van der Waals surface area contributed by atoms with Crippen molar-refractivity contribution in [3.63, 3.8) is 0 Å². The van der Waals surface area contributed by atoms with Crippen molar-refractivity contribution in [1.29, 1.82) is 0 Å². The molecule has 2 rings (SSSR count). The lowest BCUT2D eigenvalue weighted by Gasteiger charge is -2.17. The van der Waals surface area contributed by atoms with Crippen LogP contribution in [0.1, 0.15) is 36.0 Å². The minimum Gasteiger partial charge on any atom is -0.493 e. The zero-order valence-corrected chi connectivity index (χ0v) is 12.5. The molecule has 1 fully saturated rings. The summed E-state index contributed by atoms with van der Waals surface area (Å²) in [6.07, 6.45) is 2.89. The van der Waals surface area contributed by atoms with Crippen LogP contribution in [-0.4, -0.2) is 24.6 Å². The Morgan fingerprint density at radius 1 is 1.40 bits per heavy atom. The van der Waals surface area contributed by atoms with Gasteiger partial charge in [-0.05, 0) is 56.4 Å². The van der Waals surface area contributed by atoms with Crippen LogP contribution in [0.15, 0.2) is 12.1 Å². The van der Waals surface area contributed by atoms with E-state index in [1.165, 1.54) is 11.1 Å². The number of hydrogen-bond donors (Lipinski definition) is 2. The fourth-order valence-corrected chi connectivity index (χ4v) is 2.28. The SMILES string of the molecule is Cc1cc(C)c(C)c(OCCC(NC2CC2)C(N)=O)c1. The quantitative estimate of drug-likeness (QED) is 0.800. The monoisotopic (exact) mass is 276 g/mol. The lowest BCUT2D eigenvalue weighted by molar-refractivity contribution is -0.120. The molecule has 0 aromatic heterocycles. The van der Waals surface area contributed by atoms with Gasteiger partial charge < -0.3 is 15.8 Å². The number of carbonyl (C=O) groups is 1. The van der Waals surface area contributed by atoms with Gasteiger partial charge in [0.2, 0.25) is 5.91 Å². The topological polar surface area (TPSA) is 64.3 Å². The van der Waals surface area contributed by atoms with Crippen molar-refractivity contribution in [1.82, 2.24) is 5.32 Å². The summed E-state index contributed by atoms with van der Waals surface area (Å²) in [7, 11) is 0. The molecule has 1 aromatic rings. The van der Waals surface area contributed by atoms with Crippen molar-refractivity contribution in [3.8, 4) is 5.75 Å². The highest BCUT2D eigenvalue weighted by molar-refractivity contribution is 5.79. The van der Waals surface area contributed by atoms with Crippen molar-refractivity contribution in [3.05, 3.63) is 28.8 Å². The van der Waals surface area contributed by atoms with E-state index in [0.717, 1.165) is 24.2 Å². The molecule has 4 heteroatoms. The first-order valence-corrected chi connectivity index (χ1v) is 7.23. The molecule has 4 nitrogen and oxygen atoms in total. The smallest absolute Gasteiger partial charge is 0.234 e. The number of amides is 1. The molecule has 0 spiro atoms. The molecule has 1 amide bonds. The second kappa shape index (κ2) is 6.27. The summed E-state index contributed by atoms with van der Waals surface area (Å²) in [5.74, 6) is 0.606. The Morgan fingerprint density at radius 3 is 2.70 bits per heavy atom. The minimum atomic E-state index is -0.294. The number of nitrogens with one attached hydrogen (secondary N) is 1. The lowest BCUT2D eigenvalue weighted by atomic mass is 10.1. The number of nitrogens with two attached hydrogens (primary N) is 1. The molecule has 3 N–H and O–H groups in total. The van der Waals surface area contributed by atoms with E-state index in [1.807, 2.05) is 6.07 Å². The molecule has 0 bridgehead atoms. The Morgan fingerprint density at radius 2 is 2.10 bits per heavy atom. The molecule has 0 radical (unpaired) electrons. The Kier molecular flexibility index (Phi) is 4.65. The number of primary amides is 1. The van der Waals surface area contributed by atoms with E-state index in [0.29, 0.717) is 19.1 Å². The van der Waals surface area contributed by atoms with E-state index in [1.54, 1.807) is 0 Å². The van der Waals surface area contributed by atoms with Gasteiger partial charge in [-0.3, -0.25) is 4.79 Å². The lowest BCUT2D eigenvalue weighted by Crippen LogP contribution is -2.43. The Balaban J connectivity index is 1.89. The van der Waals surface area contributed by atoms with Gasteiger partial charge in [-0.1, -0.05) is 6.07 Å². The fourth-order valence-electron chi connectivity index (χ4n) is 2.28. The Bertz CT molecular complexity index is 495. The van der Waals surface area contributed by atoms with Crippen LogP contribution in [0.4, 0.5) is 0 Å². The van der Waals surface area contributed by atoms with Gasteiger partial charge in [0.05, 0.1) is 12.6 Å². The zero-order valence-electron chi connectivity index (χ0n) is 12.5. The van der Waals surface area contributed by atoms with Crippen molar-refractivity contribution in [2.45, 2.75) is 52.1 Å². The van der Waals surface area contributed by atoms with Gasteiger partial charge >= 0.3 is 0 Å². The Hall–Kier alpha value is -1.55. The van der Waals surface area contributed by atoms with Crippen molar-refractivity contribution >= 4 is 5.91 Å². The van der Waals surface area contributed by atoms with E-state index < -0.39 is 0 Å². The van der Waals surface area contributed by atoms with Gasteiger partial charge in [0.1, 0.15) is 5.75 Å². The van der Waals surface area contributed by atoms with Gasteiger partial charge in [-0.25, -0.2) is 0 Å². The van der Waals surface area contributed by atoms with Crippen LogP contribution in [0.3, 0.4) is 0 Å². The third-order valence-corrected chi connectivity index (χ3v) is 3.79. The predicted octanol–water partition coefficient (Wildman–Crippen LogP) is 1.99. The maximum Gasteiger partial charge on any atom is 0.234 e. The van der Waals surface area contributed by atoms with E-state index >= 15 is 0 Å². The molecule has 1 saturated carbocycles. The largest absolute Gasteiger partial charge is 0.493 e. The summed E-state index contributed by atoms with van der Waals surface area (Å²) in [4.78, 5) is 11.4. The summed E-state index contributed by atoms with van der Waals surface area (Å²) in [6.45, 7) is 6.69. The van der Waals surface area contributed by atoms with Crippen LogP contribution in [0.25, 0.3) is 0 Å². The summed E-state index contributed by atoms with van der Waals surface area (Å²) in [5, 5.41) is 3.26. The van der Waals surface area contributed by atoms with E-state index in [2.05, 4.69) is 32.2 Å². The molecule has 0 aliphatic heterocycles. The molecule has 0 saturated heterocycles. The number of benzene rings is 1. The first-order chi connectivity index (χ1) is 9.47. The predicted molar refractivity (Wildman–Crippen MR) is 79.9 cm³/mol. The molecule has 1 aliphatic rings. The molecule has 1 atom stereocenters. The highest BCUT2D eigenvalue weighted by atomic mass is 16.5. The van der Waals surface area contributed by atoms with Crippen molar-refractivity contribution < 1.29 is 9.53 Å². The molecule has 1 aliphatic carbocycles. The maximum absolute atomic E-state index is 11.4. The first kappa shape index (κ1) is 14.9. The third kappa shape index (κ3) is 3.97. The van der Waals surface area contributed by atoms with E-state index in [9.17, 15) is 4.79 Å². The van der Waals surface area contributed by atoms with Gasteiger partial charge in [-0.2, -0.15) is 0 Å². The molecule has 20 heavy (non-hydrogen) atoms. The van der Waals surface area contributed by atoms with Crippen LogP contribution >= 0.6 is 0 Å². The van der Waals surface area contributed by atoms with E-state index in [-0.39, 0.29) is 11.9 Å². The number of ether oxygens (including phenoxy) is 1. The van der Waals surface area contributed by atoms with Gasteiger partial charge in [0, 0.05) is 12.5 Å². The molecular weight excluding hydrogens is 252 g/mol. The van der Waals surface area contributed by atoms with Crippen molar-refractivity contribution in [2.24, 2.45) is 5.73 Å². The normalized spacial score (nSPS) is 15.9. The number of hydrogen-bond acceptors (Lipinski definition) is 3. The highest BCUT2D eigenvalue weighted by Gasteiger charge is 2.27. The minimum absolute atomic E-state index is 0.284. The molecule has 1 aromatic carbocycles. The highest BCUT2D eigenvalue weighted by Crippen LogP contribution is 2.24. The number of rotatable bonds is 7. The third-order valence-electron chi connectivity index (χ3n) is 3.79.